The largest absolute Gasteiger partial charge is 0.491 e. The van der Waals surface area contributed by atoms with Crippen LogP contribution < -0.4 is 4.74 Å². The number of hydrogen-bond donors (Lipinski definition) is 1. The highest BCUT2D eigenvalue weighted by Crippen LogP contribution is 2.22. The van der Waals surface area contributed by atoms with Gasteiger partial charge >= 0.3 is 0 Å². The normalized spacial score (nSPS) is 16.8. The molecule has 0 aromatic heterocycles. The van der Waals surface area contributed by atoms with Crippen molar-refractivity contribution in [1.29, 1.82) is 0 Å². The molecule has 3 rings (SSSR count). The molecule has 0 aliphatic carbocycles. The summed E-state index contributed by atoms with van der Waals surface area (Å²) in [6.07, 6.45) is 2.99. The minimum Gasteiger partial charge on any atom is -0.491 e. The Balaban J connectivity index is 1.36. The lowest BCUT2D eigenvalue weighted by atomic mass is 9.90. The summed E-state index contributed by atoms with van der Waals surface area (Å²) in [5.74, 6) is 1.45. The van der Waals surface area contributed by atoms with Gasteiger partial charge in [0.25, 0.3) is 0 Å². The molecule has 1 atom stereocenters. The molecule has 4 nitrogen and oxygen atoms in total. The number of likely N-dealkylation sites (tertiary alicyclic amines) is 1. The van der Waals surface area contributed by atoms with Crippen molar-refractivity contribution in [3.8, 4) is 5.75 Å². The summed E-state index contributed by atoms with van der Waals surface area (Å²) >= 11 is 0. The molecule has 1 saturated heterocycles. The molecule has 1 unspecified atom stereocenters. The van der Waals surface area contributed by atoms with E-state index >= 15 is 0 Å². The Morgan fingerprint density at radius 3 is 2.41 bits per heavy atom. The van der Waals surface area contributed by atoms with E-state index in [1.54, 1.807) is 31.2 Å². The minimum absolute atomic E-state index is 0.0391. The minimum atomic E-state index is -0.511. The van der Waals surface area contributed by atoms with E-state index in [0.29, 0.717) is 17.9 Å². The van der Waals surface area contributed by atoms with E-state index < -0.39 is 6.10 Å². The van der Waals surface area contributed by atoms with Crippen molar-refractivity contribution >= 4 is 5.78 Å². The summed E-state index contributed by atoms with van der Waals surface area (Å²) < 4.78 is 5.66. The summed E-state index contributed by atoms with van der Waals surface area (Å²) in [6, 6.07) is 17.7. The lowest BCUT2D eigenvalue weighted by Crippen LogP contribution is -2.41. The fourth-order valence-electron chi connectivity index (χ4n) is 3.65. The van der Waals surface area contributed by atoms with Crippen LogP contribution in [0.5, 0.6) is 5.75 Å². The van der Waals surface area contributed by atoms with Crippen molar-refractivity contribution in [3.05, 3.63) is 65.7 Å². The number of hydrogen-bond acceptors (Lipinski definition) is 4. The van der Waals surface area contributed by atoms with Crippen molar-refractivity contribution in [2.24, 2.45) is 5.92 Å². The van der Waals surface area contributed by atoms with E-state index in [2.05, 4.69) is 35.2 Å². The van der Waals surface area contributed by atoms with Gasteiger partial charge in [0.2, 0.25) is 0 Å². The maximum atomic E-state index is 11.3. The van der Waals surface area contributed by atoms with Gasteiger partial charge in [-0.2, -0.15) is 0 Å². The molecule has 1 aliphatic heterocycles. The molecule has 4 heteroatoms. The van der Waals surface area contributed by atoms with E-state index in [0.717, 1.165) is 25.4 Å². The average molecular weight is 367 g/mol. The summed E-state index contributed by atoms with van der Waals surface area (Å²) in [6.45, 7) is 4.51. The third-order valence-corrected chi connectivity index (χ3v) is 5.25. The third kappa shape index (κ3) is 6.19. The molecule has 0 amide bonds. The molecule has 144 valence electrons. The zero-order valence-electron chi connectivity index (χ0n) is 16.0. The molecule has 0 spiro atoms. The van der Waals surface area contributed by atoms with Crippen LogP contribution in [0.1, 0.15) is 35.7 Å². The maximum absolute atomic E-state index is 11.3. The first-order valence-electron chi connectivity index (χ1n) is 9.78. The topological polar surface area (TPSA) is 49.8 Å². The summed E-state index contributed by atoms with van der Waals surface area (Å²) in [5, 5.41) is 10.3. The van der Waals surface area contributed by atoms with Gasteiger partial charge in [-0.15, -0.1) is 0 Å². The smallest absolute Gasteiger partial charge is 0.159 e. The lowest BCUT2D eigenvalue weighted by molar-refractivity contribution is 0.0550. The second-order valence-electron chi connectivity index (χ2n) is 7.48. The molecule has 0 radical (unpaired) electrons. The predicted octanol–water partition coefficient (Wildman–Crippen LogP) is 3.58. The van der Waals surface area contributed by atoms with Gasteiger partial charge in [0, 0.05) is 12.1 Å². The van der Waals surface area contributed by atoms with Crippen LogP contribution in [0.3, 0.4) is 0 Å². The van der Waals surface area contributed by atoms with E-state index in [4.69, 9.17) is 4.74 Å². The number of ether oxygens (including phenoxy) is 1. The Bertz CT molecular complexity index is 706. The molecule has 1 aliphatic rings. The van der Waals surface area contributed by atoms with Crippen molar-refractivity contribution in [2.75, 3.05) is 26.2 Å². The van der Waals surface area contributed by atoms with Gasteiger partial charge in [0.15, 0.2) is 5.78 Å². The van der Waals surface area contributed by atoms with Gasteiger partial charge in [-0.3, -0.25) is 4.79 Å². The number of carbonyl (C=O) groups is 1. The van der Waals surface area contributed by atoms with Crippen LogP contribution in [0.4, 0.5) is 0 Å². The summed E-state index contributed by atoms with van der Waals surface area (Å²) in [4.78, 5) is 13.6. The number of β-amino-alcohol motifs (C(OH)–C–C–N with tert-alkyl or cyclic N) is 1. The van der Waals surface area contributed by atoms with Crippen molar-refractivity contribution in [2.45, 2.75) is 32.3 Å². The maximum Gasteiger partial charge on any atom is 0.159 e. The standard InChI is InChI=1S/C23H29NO3/c1-18(25)21-7-9-23(10-8-21)27-17-22(26)16-24-13-11-20(12-14-24)15-19-5-3-2-4-6-19/h2-10,20,22,26H,11-17H2,1H3. The molecule has 0 bridgehead atoms. The van der Waals surface area contributed by atoms with Crippen LogP contribution in [0.25, 0.3) is 0 Å². The highest BCUT2D eigenvalue weighted by molar-refractivity contribution is 5.94. The monoisotopic (exact) mass is 367 g/mol. The van der Waals surface area contributed by atoms with Gasteiger partial charge in [0.05, 0.1) is 0 Å². The summed E-state index contributed by atoms with van der Waals surface area (Å²) in [5.41, 5.74) is 2.08. The van der Waals surface area contributed by atoms with Gasteiger partial charge in [-0.05, 0) is 75.0 Å². The van der Waals surface area contributed by atoms with Crippen molar-refractivity contribution < 1.29 is 14.6 Å². The highest BCUT2D eigenvalue weighted by Gasteiger charge is 2.21. The lowest BCUT2D eigenvalue weighted by Gasteiger charge is -2.33. The molecule has 2 aromatic carbocycles. The van der Waals surface area contributed by atoms with E-state index in [-0.39, 0.29) is 12.4 Å². The fraction of sp³-hybridized carbons (Fsp3) is 0.435. The number of carbonyl (C=O) groups excluding carboxylic acids is 1. The zero-order chi connectivity index (χ0) is 19.1. The number of aliphatic hydroxyl groups excluding tert-OH is 1. The van der Waals surface area contributed by atoms with Gasteiger partial charge < -0.3 is 14.7 Å². The molecular formula is C23H29NO3. The van der Waals surface area contributed by atoms with Crippen LogP contribution in [-0.2, 0) is 6.42 Å². The molecular weight excluding hydrogens is 338 g/mol. The SMILES string of the molecule is CC(=O)c1ccc(OCC(O)CN2CCC(Cc3ccccc3)CC2)cc1. The molecule has 1 N–H and O–H groups in total. The van der Waals surface area contributed by atoms with Crippen LogP contribution in [-0.4, -0.2) is 48.1 Å². The third-order valence-electron chi connectivity index (χ3n) is 5.25. The predicted molar refractivity (Wildman–Crippen MR) is 107 cm³/mol. The first-order valence-corrected chi connectivity index (χ1v) is 9.78. The number of ketones is 1. The highest BCUT2D eigenvalue weighted by atomic mass is 16.5. The number of piperidine rings is 1. The first kappa shape index (κ1) is 19.6. The average Bonchev–Trinajstić information content (AvgIpc) is 2.69. The Hall–Kier alpha value is -2.17. The molecule has 1 heterocycles. The van der Waals surface area contributed by atoms with E-state index in [1.165, 1.54) is 18.4 Å². The van der Waals surface area contributed by atoms with Crippen LogP contribution >= 0.6 is 0 Å². The number of aliphatic hydroxyl groups is 1. The second kappa shape index (κ2) is 9.67. The Morgan fingerprint density at radius 1 is 1.11 bits per heavy atom. The Kier molecular flexibility index (Phi) is 7.02. The van der Waals surface area contributed by atoms with Crippen LogP contribution in [0.15, 0.2) is 54.6 Å². The van der Waals surface area contributed by atoms with Crippen molar-refractivity contribution in [3.63, 3.8) is 0 Å². The van der Waals surface area contributed by atoms with Crippen LogP contribution in [0, 0.1) is 5.92 Å². The number of rotatable bonds is 8. The quantitative estimate of drug-likeness (QED) is 0.725. The number of Topliss-reactive ketones (excluding diaryl/α,β-unsaturated/α-hetero) is 1. The zero-order valence-corrected chi connectivity index (χ0v) is 16.0. The Labute approximate surface area is 161 Å². The Morgan fingerprint density at radius 2 is 1.78 bits per heavy atom. The molecule has 0 saturated carbocycles. The van der Waals surface area contributed by atoms with Gasteiger partial charge in [-0.1, -0.05) is 30.3 Å². The second-order valence-corrected chi connectivity index (χ2v) is 7.48. The molecule has 27 heavy (non-hydrogen) atoms. The van der Waals surface area contributed by atoms with Gasteiger partial charge in [0.1, 0.15) is 18.5 Å². The fourth-order valence-corrected chi connectivity index (χ4v) is 3.65. The number of benzene rings is 2. The van der Waals surface area contributed by atoms with E-state index in [9.17, 15) is 9.90 Å². The summed E-state index contributed by atoms with van der Waals surface area (Å²) in [7, 11) is 0. The van der Waals surface area contributed by atoms with Crippen molar-refractivity contribution in [1.82, 2.24) is 4.90 Å². The van der Waals surface area contributed by atoms with Crippen LogP contribution in [0.2, 0.25) is 0 Å². The van der Waals surface area contributed by atoms with E-state index in [1.807, 2.05) is 0 Å². The number of nitrogens with zero attached hydrogens (tertiary/aromatic N) is 1. The molecule has 2 aromatic rings. The first-order chi connectivity index (χ1) is 13.1. The van der Waals surface area contributed by atoms with Gasteiger partial charge in [-0.25, -0.2) is 0 Å². The molecule has 1 fully saturated rings.